The third-order valence-corrected chi connectivity index (χ3v) is 5.96. The maximum Gasteiger partial charge on any atom is 0.0905 e. The molecule has 0 aromatic heterocycles. The summed E-state index contributed by atoms with van der Waals surface area (Å²) < 4.78 is 11.7. The first-order valence-corrected chi connectivity index (χ1v) is 11.1. The number of hydrogen-bond acceptors (Lipinski definition) is 6. The van der Waals surface area contributed by atoms with E-state index in [4.69, 9.17) is 9.47 Å². The molecular formula is C24H34N4O2. The summed E-state index contributed by atoms with van der Waals surface area (Å²) in [5, 5.41) is 0. The van der Waals surface area contributed by atoms with Gasteiger partial charge in [0.05, 0.1) is 62.5 Å². The van der Waals surface area contributed by atoms with Gasteiger partial charge in [0.1, 0.15) is 0 Å². The normalized spacial score (nSPS) is 15.1. The highest BCUT2D eigenvalue weighted by atomic mass is 16.5. The van der Waals surface area contributed by atoms with Gasteiger partial charge in [-0.1, -0.05) is 24.3 Å². The summed E-state index contributed by atoms with van der Waals surface area (Å²) in [5.74, 6) is 0. The van der Waals surface area contributed by atoms with Crippen molar-refractivity contribution in [1.29, 1.82) is 0 Å². The Bertz CT molecular complexity index is 748. The molecule has 0 saturated carbocycles. The zero-order valence-corrected chi connectivity index (χ0v) is 18.3. The molecule has 2 aliphatic heterocycles. The summed E-state index contributed by atoms with van der Waals surface area (Å²) in [5.41, 5.74) is 5.28. The van der Waals surface area contributed by atoms with Crippen LogP contribution in [0.5, 0.6) is 0 Å². The molecule has 0 bridgehead atoms. The minimum absolute atomic E-state index is 0.644. The Morgan fingerprint density at radius 3 is 1.30 bits per heavy atom. The Morgan fingerprint density at radius 1 is 0.567 bits per heavy atom. The molecule has 2 aromatic carbocycles. The standard InChI is InChI=1S/C24H34N4O2/c1-3-25-19-27(23-11-7-5-9-21(23)25)13-15-29-17-18-30-16-14-28-20-26(4-2)22-10-6-8-12-24(22)28/h5-12H,3-4,13-20H2,1-2H3. The lowest BCUT2D eigenvalue weighted by Gasteiger charge is -2.21. The van der Waals surface area contributed by atoms with Crippen LogP contribution in [0.4, 0.5) is 22.7 Å². The van der Waals surface area contributed by atoms with Crippen molar-refractivity contribution in [3.05, 3.63) is 48.5 Å². The second-order valence-electron chi connectivity index (χ2n) is 7.72. The van der Waals surface area contributed by atoms with E-state index >= 15 is 0 Å². The minimum atomic E-state index is 0.644. The van der Waals surface area contributed by atoms with Crippen LogP contribution in [0.3, 0.4) is 0 Å². The highest BCUT2D eigenvalue weighted by Crippen LogP contribution is 2.35. The van der Waals surface area contributed by atoms with Crippen molar-refractivity contribution in [2.45, 2.75) is 13.8 Å². The Morgan fingerprint density at radius 2 is 0.933 bits per heavy atom. The number of hydrogen-bond donors (Lipinski definition) is 0. The molecule has 6 heteroatoms. The molecule has 162 valence electrons. The fourth-order valence-electron chi connectivity index (χ4n) is 4.31. The van der Waals surface area contributed by atoms with E-state index in [9.17, 15) is 0 Å². The zero-order valence-electron chi connectivity index (χ0n) is 18.3. The highest BCUT2D eigenvalue weighted by Gasteiger charge is 2.24. The first kappa shape index (κ1) is 20.8. The summed E-state index contributed by atoms with van der Waals surface area (Å²) in [7, 11) is 0. The molecule has 2 aromatic rings. The topological polar surface area (TPSA) is 31.4 Å². The molecule has 0 amide bonds. The molecule has 4 rings (SSSR count). The smallest absolute Gasteiger partial charge is 0.0905 e. The molecule has 0 aliphatic carbocycles. The molecule has 30 heavy (non-hydrogen) atoms. The average molecular weight is 411 g/mol. The molecule has 0 fully saturated rings. The summed E-state index contributed by atoms with van der Waals surface area (Å²) >= 11 is 0. The van der Waals surface area contributed by atoms with Crippen LogP contribution in [-0.2, 0) is 9.47 Å². The van der Waals surface area contributed by atoms with Crippen molar-refractivity contribution in [3.8, 4) is 0 Å². The van der Waals surface area contributed by atoms with Gasteiger partial charge in [-0.05, 0) is 38.1 Å². The van der Waals surface area contributed by atoms with Crippen molar-refractivity contribution in [2.24, 2.45) is 0 Å². The number of benzene rings is 2. The lowest BCUT2D eigenvalue weighted by atomic mass is 10.2. The van der Waals surface area contributed by atoms with Crippen LogP contribution in [0.1, 0.15) is 13.8 Å². The maximum absolute atomic E-state index is 5.84. The monoisotopic (exact) mass is 410 g/mol. The molecule has 0 N–H and O–H groups in total. The number of fused-ring (bicyclic) bond motifs is 2. The zero-order chi connectivity index (χ0) is 20.8. The third kappa shape index (κ3) is 4.50. The Kier molecular flexibility index (Phi) is 6.97. The van der Waals surface area contributed by atoms with Gasteiger partial charge in [0.2, 0.25) is 0 Å². The first-order chi connectivity index (χ1) is 14.8. The van der Waals surface area contributed by atoms with Crippen molar-refractivity contribution in [2.75, 3.05) is 85.5 Å². The van der Waals surface area contributed by atoms with Crippen LogP contribution in [0.2, 0.25) is 0 Å². The summed E-state index contributed by atoms with van der Waals surface area (Å²) in [6.07, 6.45) is 0. The van der Waals surface area contributed by atoms with E-state index in [0.29, 0.717) is 13.2 Å². The van der Waals surface area contributed by atoms with Crippen LogP contribution >= 0.6 is 0 Å². The van der Waals surface area contributed by atoms with E-state index in [0.717, 1.165) is 52.7 Å². The largest absolute Gasteiger partial charge is 0.377 e. The average Bonchev–Trinajstić information content (AvgIpc) is 3.34. The van der Waals surface area contributed by atoms with E-state index in [2.05, 4.69) is 82.0 Å². The van der Waals surface area contributed by atoms with Crippen molar-refractivity contribution < 1.29 is 9.47 Å². The second-order valence-corrected chi connectivity index (χ2v) is 7.72. The van der Waals surface area contributed by atoms with Gasteiger partial charge in [0, 0.05) is 26.2 Å². The van der Waals surface area contributed by atoms with Gasteiger partial charge in [-0.15, -0.1) is 0 Å². The lowest BCUT2D eigenvalue weighted by Crippen LogP contribution is -2.33. The lowest BCUT2D eigenvalue weighted by molar-refractivity contribution is 0.0530. The quantitative estimate of drug-likeness (QED) is 0.526. The predicted octanol–water partition coefficient (Wildman–Crippen LogP) is 3.63. The molecular weight excluding hydrogens is 376 g/mol. The number of nitrogens with zero attached hydrogens (tertiary/aromatic N) is 4. The molecule has 0 saturated heterocycles. The van der Waals surface area contributed by atoms with Crippen LogP contribution < -0.4 is 19.6 Å². The van der Waals surface area contributed by atoms with Crippen LogP contribution in [0.15, 0.2) is 48.5 Å². The number of ether oxygens (including phenoxy) is 2. The third-order valence-electron chi connectivity index (χ3n) is 5.96. The van der Waals surface area contributed by atoms with Gasteiger partial charge < -0.3 is 29.1 Å². The Hall–Kier alpha value is -2.44. The second kappa shape index (κ2) is 10.0. The molecule has 0 spiro atoms. The van der Waals surface area contributed by atoms with E-state index in [1.54, 1.807) is 0 Å². The SMILES string of the molecule is CCN1CN(CCOCCOCCN2CN(CC)c3ccccc32)c2ccccc21. The molecule has 0 atom stereocenters. The molecule has 6 nitrogen and oxygen atoms in total. The number of anilines is 4. The molecule has 0 unspecified atom stereocenters. The van der Waals surface area contributed by atoms with E-state index in [1.807, 2.05) is 0 Å². The number of para-hydroxylation sites is 4. The number of rotatable bonds is 11. The van der Waals surface area contributed by atoms with Gasteiger partial charge >= 0.3 is 0 Å². The summed E-state index contributed by atoms with van der Waals surface area (Å²) in [6, 6.07) is 17.2. The van der Waals surface area contributed by atoms with Crippen LogP contribution in [0, 0.1) is 0 Å². The minimum Gasteiger partial charge on any atom is -0.377 e. The van der Waals surface area contributed by atoms with E-state index < -0.39 is 0 Å². The van der Waals surface area contributed by atoms with Gasteiger partial charge in [0.25, 0.3) is 0 Å². The fourth-order valence-corrected chi connectivity index (χ4v) is 4.31. The first-order valence-electron chi connectivity index (χ1n) is 11.1. The van der Waals surface area contributed by atoms with Gasteiger partial charge in [-0.25, -0.2) is 0 Å². The Labute approximate surface area is 180 Å². The van der Waals surface area contributed by atoms with Crippen molar-refractivity contribution in [1.82, 2.24) is 0 Å². The maximum atomic E-state index is 5.84. The van der Waals surface area contributed by atoms with Crippen molar-refractivity contribution in [3.63, 3.8) is 0 Å². The predicted molar refractivity (Wildman–Crippen MR) is 125 cm³/mol. The summed E-state index contributed by atoms with van der Waals surface area (Å²) in [4.78, 5) is 9.58. The van der Waals surface area contributed by atoms with Gasteiger partial charge in [-0.3, -0.25) is 0 Å². The van der Waals surface area contributed by atoms with Crippen LogP contribution in [-0.4, -0.2) is 65.9 Å². The summed E-state index contributed by atoms with van der Waals surface area (Å²) in [6.45, 7) is 12.9. The van der Waals surface area contributed by atoms with E-state index in [1.165, 1.54) is 22.7 Å². The van der Waals surface area contributed by atoms with E-state index in [-0.39, 0.29) is 0 Å². The molecule has 0 radical (unpaired) electrons. The molecule has 2 aliphatic rings. The van der Waals surface area contributed by atoms with Crippen LogP contribution in [0.25, 0.3) is 0 Å². The fraction of sp³-hybridized carbons (Fsp3) is 0.500. The Balaban J connectivity index is 1.11. The molecule has 2 heterocycles. The highest BCUT2D eigenvalue weighted by molar-refractivity contribution is 5.76. The van der Waals surface area contributed by atoms with Crippen molar-refractivity contribution >= 4 is 22.7 Å². The van der Waals surface area contributed by atoms with Gasteiger partial charge in [-0.2, -0.15) is 0 Å². The van der Waals surface area contributed by atoms with Gasteiger partial charge in [0.15, 0.2) is 0 Å².